The van der Waals surface area contributed by atoms with E-state index in [4.69, 9.17) is 22.1 Å². The fourth-order valence-electron chi connectivity index (χ4n) is 3.80. The van der Waals surface area contributed by atoms with Gasteiger partial charge in [0.1, 0.15) is 12.0 Å². The number of nitrogens with one attached hydrogen (secondary N) is 1. The van der Waals surface area contributed by atoms with Crippen LogP contribution in [-0.4, -0.2) is 50.6 Å². The molecule has 0 aliphatic carbocycles. The first-order valence-corrected chi connectivity index (χ1v) is 10.7. The number of hydrogen-bond donors (Lipinski definition) is 2. The maximum Gasteiger partial charge on any atom is 0.401 e. The largest absolute Gasteiger partial charge is 0.486 e. The number of carbonyl (C=O) groups is 1. The maximum atomic E-state index is 14.2. The summed E-state index contributed by atoms with van der Waals surface area (Å²) in [6.07, 6.45) is -3.10. The minimum atomic E-state index is -4.81. The summed E-state index contributed by atoms with van der Waals surface area (Å²) in [5, 5.41) is 6.02. The lowest BCUT2D eigenvalue weighted by Gasteiger charge is -2.28. The van der Waals surface area contributed by atoms with E-state index in [0.717, 1.165) is 28.6 Å². The molecular formula is C20H19ClF5N7O3. The molecule has 3 aromatic rings. The molecule has 0 aromatic carbocycles. The Hall–Kier alpha value is -3.46. The fourth-order valence-corrected chi connectivity index (χ4v) is 3.97. The minimum Gasteiger partial charge on any atom is -0.486 e. The molecule has 0 unspecified atom stereocenters. The van der Waals surface area contributed by atoms with E-state index in [1.165, 1.54) is 6.07 Å². The van der Waals surface area contributed by atoms with Gasteiger partial charge in [0.05, 0.1) is 23.3 Å². The predicted molar refractivity (Wildman–Crippen MR) is 119 cm³/mol. The van der Waals surface area contributed by atoms with Crippen molar-refractivity contribution >= 4 is 34.7 Å². The predicted octanol–water partition coefficient (Wildman–Crippen LogP) is 3.54. The molecule has 0 radical (unpaired) electrons. The molecule has 4 rings (SSSR count). The summed E-state index contributed by atoms with van der Waals surface area (Å²) in [6, 6.07) is 0.611. The van der Waals surface area contributed by atoms with Gasteiger partial charge in [0, 0.05) is 30.9 Å². The van der Waals surface area contributed by atoms with E-state index in [2.05, 4.69) is 15.4 Å². The van der Waals surface area contributed by atoms with E-state index < -0.39 is 48.1 Å². The second-order valence-electron chi connectivity index (χ2n) is 8.45. The number of urea groups is 1. The molecule has 0 saturated heterocycles. The Morgan fingerprint density at radius 3 is 2.67 bits per heavy atom. The van der Waals surface area contributed by atoms with Crippen LogP contribution in [0.25, 0.3) is 5.65 Å². The number of nitrogens with zero attached hydrogens (tertiary/aromatic N) is 5. The topological polar surface area (TPSA) is 120 Å². The van der Waals surface area contributed by atoms with Gasteiger partial charge in [-0.25, -0.2) is 14.3 Å². The molecule has 2 atom stereocenters. The summed E-state index contributed by atoms with van der Waals surface area (Å²) in [5.74, 6) is -0.526. The van der Waals surface area contributed by atoms with Crippen LogP contribution in [-0.2, 0) is 5.41 Å². The summed E-state index contributed by atoms with van der Waals surface area (Å²) in [5.41, 5.74) is 0.950. The van der Waals surface area contributed by atoms with Gasteiger partial charge in [-0.1, -0.05) is 11.6 Å². The van der Waals surface area contributed by atoms with Crippen LogP contribution in [0.1, 0.15) is 26.1 Å². The minimum absolute atomic E-state index is 0.0146. The van der Waals surface area contributed by atoms with Crippen molar-refractivity contribution in [3.8, 4) is 5.75 Å². The van der Waals surface area contributed by atoms with Gasteiger partial charge in [-0.15, -0.1) is 0 Å². The Morgan fingerprint density at radius 1 is 1.36 bits per heavy atom. The van der Waals surface area contributed by atoms with E-state index in [0.29, 0.717) is 6.20 Å². The highest BCUT2D eigenvalue weighted by Crippen LogP contribution is 2.50. The molecule has 0 fully saturated rings. The summed E-state index contributed by atoms with van der Waals surface area (Å²) < 4.78 is 75.6. The third kappa shape index (κ3) is 4.32. The number of nitrogens with two attached hydrogens (primary N) is 1. The van der Waals surface area contributed by atoms with E-state index >= 15 is 0 Å². The van der Waals surface area contributed by atoms with Crippen LogP contribution >= 0.6 is 11.6 Å². The van der Waals surface area contributed by atoms with Crippen molar-refractivity contribution in [1.29, 1.82) is 0 Å². The van der Waals surface area contributed by atoms with E-state index in [1.54, 1.807) is 6.92 Å². The number of halogens is 6. The van der Waals surface area contributed by atoms with Crippen molar-refractivity contribution in [3.05, 3.63) is 45.7 Å². The number of rotatable bonds is 5. The number of anilines is 2. The van der Waals surface area contributed by atoms with Crippen LogP contribution in [0.3, 0.4) is 0 Å². The fraction of sp³-hybridized carbons (Fsp3) is 0.400. The molecule has 3 aromatic heterocycles. The van der Waals surface area contributed by atoms with Crippen molar-refractivity contribution < 1.29 is 31.5 Å². The number of fused-ring (bicyclic) bond motifs is 3. The average Bonchev–Trinajstić information content (AvgIpc) is 3.30. The number of hydrogen-bond acceptors (Lipinski definition) is 6. The lowest BCUT2D eigenvalue weighted by Crippen LogP contribution is -2.46. The van der Waals surface area contributed by atoms with Crippen molar-refractivity contribution in [3.63, 3.8) is 0 Å². The summed E-state index contributed by atoms with van der Waals surface area (Å²) in [4.78, 5) is 30.1. The second kappa shape index (κ2) is 8.89. The SMILES string of the molecule is C[C@@H](N)COc1cc(NC(=O)N2C[C@@](C)(C(F)(F)F)c3c2cnc2cc(Cl)nn32)cn(C(F)F)c1=O. The van der Waals surface area contributed by atoms with Crippen LogP contribution in [0.2, 0.25) is 5.15 Å². The van der Waals surface area contributed by atoms with Crippen LogP contribution in [0.5, 0.6) is 5.75 Å². The van der Waals surface area contributed by atoms with Gasteiger partial charge >= 0.3 is 18.8 Å². The number of alkyl halides is 5. The first kappa shape index (κ1) is 25.6. The molecule has 0 saturated carbocycles. The van der Waals surface area contributed by atoms with Gasteiger partial charge in [0.15, 0.2) is 16.5 Å². The Bertz CT molecular complexity index is 1390. The zero-order valence-electron chi connectivity index (χ0n) is 18.7. The third-order valence-corrected chi connectivity index (χ3v) is 5.75. The zero-order valence-corrected chi connectivity index (χ0v) is 19.4. The van der Waals surface area contributed by atoms with Gasteiger partial charge in [-0.05, 0) is 13.8 Å². The van der Waals surface area contributed by atoms with Crippen LogP contribution in [0.4, 0.5) is 38.1 Å². The highest BCUT2D eigenvalue weighted by molar-refractivity contribution is 6.29. The average molecular weight is 536 g/mol. The molecule has 36 heavy (non-hydrogen) atoms. The Morgan fingerprint density at radius 2 is 2.06 bits per heavy atom. The van der Waals surface area contributed by atoms with E-state index in [1.807, 2.05) is 0 Å². The van der Waals surface area contributed by atoms with Crippen molar-refractivity contribution in [2.45, 2.75) is 38.0 Å². The van der Waals surface area contributed by atoms with Gasteiger partial charge in [0.25, 0.3) is 5.56 Å². The van der Waals surface area contributed by atoms with Crippen molar-refractivity contribution in [1.82, 2.24) is 19.2 Å². The van der Waals surface area contributed by atoms with Gasteiger partial charge in [-0.2, -0.15) is 27.1 Å². The monoisotopic (exact) mass is 535 g/mol. The molecule has 1 aliphatic rings. The van der Waals surface area contributed by atoms with E-state index in [-0.39, 0.29) is 39.0 Å². The number of pyridine rings is 1. The standard InChI is InChI=1S/C20H19ClF5N7O3/c1-9(27)7-36-12-3-10(6-31(16(12)34)17(22)23)29-18(35)32-8-19(2,20(24,25)26)15-11(32)5-28-14-4-13(21)30-33(14)15/h3-6,9,17H,7-8,27H2,1-2H3,(H,29,35)/t9-,19-/m1/s1. The van der Waals surface area contributed by atoms with Crippen LogP contribution in [0, 0.1) is 0 Å². The maximum absolute atomic E-state index is 14.2. The van der Waals surface area contributed by atoms with E-state index in [9.17, 15) is 31.5 Å². The second-order valence-corrected chi connectivity index (χ2v) is 8.83. The van der Waals surface area contributed by atoms with Gasteiger partial charge < -0.3 is 15.8 Å². The Kier molecular flexibility index (Phi) is 6.33. The number of aromatic nitrogens is 4. The molecule has 194 valence electrons. The highest BCUT2D eigenvalue weighted by Gasteiger charge is 2.60. The lowest BCUT2D eigenvalue weighted by molar-refractivity contribution is -0.181. The molecule has 1 aliphatic heterocycles. The lowest BCUT2D eigenvalue weighted by atomic mass is 9.88. The molecule has 0 spiro atoms. The summed E-state index contributed by atoms with van der Waals surface area (Å²) in [7, 11) is 0. The smallest absolute Gasteiger partial charge is 0.401 e. The normalized spacial score (nSPS) is 18.6. The highest BCUT2D eigenvalue weighted by atomic mass is 35.5. The molecule has 16 heteroatoms. The number of amides is 2. The molecule has 10 nitrogen and oxygen atoms in total. The number of carbonyl (C=O) groups excluding carboxylic acids is 1. The summed E-state index contributed by atoms with van der Waals surface area (Å²) in [6.45, 7) is -1.89. The van der Waals surface area contributed by atoms with Crippen molar-refractivity contribution in [2.24, 2.45) is 5.73 Å². The third-order valence-electron chi connectivity index (χ3n) is 5.57. The Labute approximate surface area is 204 Å². The van der Waals surface area contributed by atoms with Gasteiger partial charge in [0.2, 0.25) is 0 Å². The molecule has 3 N–H and O–H groups in total. The molecule has 2 amide bonds. The molecular weight excluding hydrogens is 517 g/mol. The quantitative estimate of drug-likeness (QED) is 0.482. The zero-order chi connectivity index (χ0) is 26.6. The van der Waals surface area contributed by atoms with Gasteiger partial charge in [-0.3, -0.25) is 14.3 Å². The van der Waals surface area contributed by atoms with Crippen LogP contribution in [0.15, 0.2) is 29.3 Å². The number of ether oxygens (including phenoxy) is 1. The van der Waals surface area contributed by atoms with Crippen LogP contribution < -0.4 is 26.2 Å². The molecule has 4 heterocycles. The first-order valence-electron chi connectivity index (χ1n) is 10.4. The Balaban J connectivity index is 1.75. The summed E-state index contributed by atoms with van der Waals surface area (Å²) >= 11 is 5.86. The van der Waals surface area contributed by atoms with Crippen molar-refractivity contribution in [2.75, 3.05) is 23.4 Å². The molecule has 0 bridgehead atoms. The first-order chi connectivity index (χ1) is 16.7.